The SMILES string of the molecule is CCC(C)c1cnn2c(N/C=N\C=N)nc(OC3CCN(C)CC3)nc12. The van der Waals surface area contributed by atoms with Gasteiger partial charge in [-0.15, -0.1) is 0 Å². The van der Waals surface area contributed by atoms with E-state index in [0.717, 1.165) is 49.9 Å². The first kappa shape index (κ1) is 18.2. The van der Waals surface area contributed by atoms with Gasteiger partial charge in [-0.05, 0) is 32.2 Å². The summed E-state index contributed by atoms with van der Waals surface area (Å²) in [6.45, 7) is 6.31. The molecule has 1 fully saturated rings. The van der Waals surface area contributed by atoms with Crippen molar-refractivity contribution in [2.24, 2.45) is 4.99 Å². The molecule has 1 saturated heterocycles. The minimum atomic E-state index is 0.117. The molecule has 0 spiro atoms. The Kier molecular flexibility index (Phi) is 5.77. The molecule has 1 atom stereocenters. The van der Waals surface area contributed by atoms with Gasteiger partial charge in [0.1, 0.15) is 12.4 Å². The lowest BCUT2D eigenvalue weighted by Gasteiger charge is -2.28. The van der Waals surface area contributed by atoms with Gasteiger partial charge in [-0.2, -0.15) is 19.6 Å². The van der Waals surface area contributed by atoms with Gasteiger partial charge in [-0.25, -0.2) is 4.99 Å². The quantitative estimate of drug-likeness (QED) is 0.581. The standard InChI is InChI=1S/C17H26N8O/c1-4-12(2)14-9-21-25-15(14)22-17(23-16(25)20-11-19-10-18)26-13-5-7-24(3)8-6-13/h9-13H,4-8H2,1-3H3,(H2,18,19,20,22,23). The van der Waals surface area contributed by atoms with Crippen molar-refractivity contribution in [2.75, 3.05) is 25.5 Å². The molecule has 1 unspecified atom stereocenters. The topological polar surface area (TPSA) is 104 Å². The second-order valence-electron chi connectivity index (χ2n) is 6.65. The van der Waals surface area contributed by atoms with Gasteiger partial charge in [-0.3, -0.25) is 5.41 Å². The Hall–Kier alpha value is -2.55. The molecular weight excluding hydrogens is 332 g/mol. The smallest absolute Gasteiger partial charge is 0.322 e. The van der Waals surface area contributed by atoms with Crippen LogP contribution in [0.25, 0.3) is 5.65 Å². The number of fused-ring (bicyclic) bond motifs is 1. The molecule has 2 N–H and O–H groups in total. The fourth-order valence-electron chi connectivity index (χ4n) is 2.97. The Morgan fingerprint density at radius 3 is 2.88 bits per heavy atom. The lowest BCUT2D eigenvalue weighted by Crippen LogP contribution is -2.36. The molecule has 0 bridgehead atoms. The molecule has 0 aromatic carbocycles. The molecule has 3 heterocycles. The van der Waals surface area contributed by atoms with Crippen LogP contribution in [0.5, 0.6) is 6.01 Å². The third-order valence-corrected chi connectivity index (χ3v) is 4.80. The molecule has 0 aliphatic carbocycles. The second-order valence-corrected chi connectivity index (χ2v) is 6.65. The first-order valence-electron chi connectivity index (χ1n) is 9.00. The predicted molar refractivity (Wildman–Crippen MR) is 102 cm³/mol. The lowest BCUT2D eigenvalue weighted by atomic mass is 10.0. The summed E-state index contributed by atoms with van der Waals surface area (Å²) in [5.74, 6) is 0.805. The lowest BCUT2D eigenvalue weighted by molar-refractivity contribution is 0.105. The van der Waals surface area contributed by atoms with Gasteiger partial charge in [-0.1, -0.05) is 13.8 Å². The number of nitrogens with zero attached hydrogens (tertiary/aromatic N) is 6. The van der Waals surface area contributed by atoms with E-state index in [1.807, 2.05) is 6.20 Å². The summed E-state index contributed by atoms with van der Waals surface area (Å²) in [4.78, 5) is 15.1. The number of anilines is 1. The minimum Gasteiger partial charge on any atom is -0.460 e. The summed E-state index contributed by atoms with van der Waals surface area (Å²) >= 11 is 0. The molecular formula is C17H26N8O. The number of hydrogen-bond donors (Lipinski definition) is 2. The van der Waals surface area contributed by atoms with Crippen molar-refractivity contribution in [3.8, 4) is 6.01 Å². The largest absolute Gasteiger partial charge is 0.460 e. The molecule has 2 aromatic heterocycles. The van der Waals surface area contributed by atoms with E-state index < -0.39 is 0 Å². The zero-order valence-corrected chi connectivity index (χ0v) is 15.5. The molecule has 9 nitrogen and oxygen atoms in total. The van der Waals surface area contributed by atoms with Gasteiger partial charge in [0, 0.05) is 18.7 Å². The molecule has 140 valence electrons. The zero-order chi connectivity index (χ0) is 18.5. The number of aliphatic imine (C=N–C) groups is 1. The van der Waals surface area contributed by atoms with Gasteiger partial charge in [0.15, 0.2) is 5.65 Å². The highest BCUT2D eigenvalue weighted by Gasteiger charge is 2.21. The van der Waals surface area contributed by atoms with Crippen LogP contribution in [0.4, 0.5) is 5.95 Å². The Bertz CT molecular complexity index is 778. The third-order valence-electron chi connectivity index (χ3n) is 4.80. The molecule has 1 aliphatic rings. The normalized spacial score (nSPS) is 17.7. The van der Waals surface area contributed by atoms with Crippen LogP contribution in [-0.4, -0.2) is 63.4 Å². The highest BCUT2D eigenvalue weighted by atomic mass is 16.5. The number of aromatic nitrogens is 4. The summed E-state index contributed by atoms with van der Waals surface area (Å²) in [5, 5.41) is 14.4. The maximum absolute atomic E-state index is 7.00. The number of ether oxygens (including phenoxy) is 1. The van der Waals surface area contributed by atoms with E-state index in [1.165, 1.54) is 6.34 Å². The van der Waals surface area contributed by atoms with E-state index in [1.54, 1.807) is 4.52 Å². The number of likely N-dealkylation sites (tertiary alicyclic amines) is 1. The van der Waals surface area contributed by atoms with Crippen molar-refractivity contribution >= 4 is 24.3 Å². The highest BCUT2D eigenvalue weighted by Crippen LogP contribution is 2.25. The van der Waals surface area contributed by atoms with Crippen molar-refractivity contribution in [1.82, 2.24) is 24.5 Å². The number of hydrogen-bond acceptors (Lipinski definition) is 6. The summed E-state index contributed by atoms with van der Waals surface area (Å²) < 4.78 is 7.73. The van der Waals surface area contributed by atoms with E-state index in [2.05, 4.69) is 51.2 Å². The van der Waals surface area contributed by atoms with Crippen molar-refractivity contribution in [3.63, 3.8) is 0 Å². The van der Waals surface area contributed by atoms with Crippen molar-refractivity contribution in [3.05, 3.63) is 11.8 Å². The molecule has 0 amide bonds. The highest BCUT2D eigenvalue weighted by molar-refractivity contribution is 5.79. The number of rotatable bonds is 7. The summed E-state index contributed by atoms with van der Waals surface area (Å²) in [7, 11) is 2.12. The molecule has 1 aliphatic heterocycles. The second kappa shape index (κ2) is 8.22. The minimum absolute atomic E-state index is 0.117. The van der Waals surface area contributed by atoms with E-state index in [-0.39, 0.29) is 6.10 Å². The zero-order valence-electron chi connectivity index (χ0n) is 15.5. The van der Waals surface area contributed by atoms with Crippen LogP contribution in [0.15, 0.2) is 11.2 Å². The van der Waals surface area contributed by atoms with Crippen LogP contribution in [0.1, 0.15) is 44.6 Å². The molecule has 26 heavy (non-hydrogen) atoms. The maximum Gasteiger partial charge on any atom is 0.322 e. The fraction of sp³-hybridized carbons (Fsp3) is 0.588. The van der Waals surface area contributed by atoms with Crippen LogP contribution in [0.3, 0.4) is 0 Å². The summed E-state index contributed by atoms with van der Waals surface area (Å²) in [5.41, 5.74) is 1.80. The molecule has 0 radical (unpaired) electrons. The molecule has 2 aromatic rings. The number of piperidine rings is 1. The van der Waals surface area contributed by atoms with Crippen LogP contribution < -0.4 is 10.1 Å². The van der Waals surface area contributed by atoms with Crippen molar-refractivity contribution < 1.29 is 4.74 Å². The van der Waals surface area contributed by atoms with E-state index in [4.69, 9.17) is 10.1 Å². The summed E-state index contributed by atoms with van der Waals surface area (Å²) in [6.07, 6.45) is 7.21. The van der Waals surface area contributed by atoms with E-state index in [0.29, 0.717) is 17.9 Å². The van der Waals surface area contributed by atoms with Crippen LogP contribution >= 0.6 is 0 Å². The van der Waals surface area contributed by atoms with Crippen molar-refractivity contribution in [2.45, 2.75) is 45.1 Å². The average molecular weight is 358 g/mol. The number of nitrogens with one attached hydrogen (secondary N) is 2. The van der Waals surface area contributed by atoms with Gasteiger partial charge in [0.2, 0.25) is 5.95 Å². The first-order chi connectivity index (χ1) is 12.6. The third kappa shape index (κ3) is 3.98. The van der Waals surface area contributed by atoms with Crippen molar-refractivity contribution in [1.29, 1.82) is 5.41 Å². The molecule has 3 rings (SSSR count). The van der Waals surface area contributed by atoms with Gasteiger partial charge < -0.3 is 15.0 Å². The van der Waals surface area contributed by atoms with Crippen LogP contribution in [-0.2, 0) is 0 Å². The van der Waals surface area contributed by atoms with Gasteiger partial charge in [0.05, 0.1) is 12.5 Å². The Balaban J connectivity index is 1.93. The molecule has 9 heteroatoms. The van der Waals surface area contributed by atoms with E-state index in [9.17, 15) is 0 Å². The average Bonchev–Trinajstić information content (AvgIpc) is 3.07. The fourth-order valence-corrected chi connectivity index (χ4v) is 2.97. The predicted octanol–water partition coefficient (Wildman–Crippen LogP) is 2.16. The monoisotopic (exact) mass is 358 g/mol. The Morgan fingerprint density at radius 1 is 1.42 bits per heavy atom. The first-order valence-corrected chi connectivity index (χ1v) is 9.00. The van der Waals surface area contributed by atoms with Gasteiger partial charge >= 0.3 is 6.01 Å². The van der Waals surface area contributed by atoms with Gasteiger partial charge in [0.25, 0.3) is 0 Å². The molecule has 0 saturated carbocycles. The summed E-state index contributed by atoms with van der Waals surface area (Å²) in [6, 6.07) is 0.350. The van der Waals surface area contributed by atoms with E-state index >= 15 is 0 Å². The van der Waals surface area contributed by atoms with Crippen LogP contribution in [0.2, 0.25) is 0 Å². The Morgan fingerprint density at radius 2 is 2.19 bits per heavy atom. The maximum atomic E-state index is 7.00. The van der Waals surface area contributed by atoms with Crippen LogP contribution in [0, 0.1) is 5.41 Å². The Labute approximate surface area is 153 Å².